The van der Waals surface area contributed by atoms with E-state index in [9.17, 15) is 4.79 Å². The summed E-state index contributed by atoms with van der Waals surface area (Å²) in [5.41, 5.74) is 1.91. The van der Waals surface area contributed by atoms with Crippen LogP contribution in [0.1, 0.15) is 12.6 Å². The molecule has 0 amide bonds. The van der Waals surface area contributed by atoms with Gasteiger partial charge in [-0.3, -0.25) is 9.89 Å². The van der Waals surface area contributed by atoms with Crippen molar-refractivity contribution in [1.82, 2.24) is 29.4 Å². The van der Waals surface area contributed by atoms with Crippen LogP contribution in [0.4, 0.5) is 0 Å². The summed E-state index contributed by atoms with van der Waals surface area (Å²) in [4.78, 5) is 18.0. The van der Waals surface area contributed by atoms with Gasteiger partial charge < -0.3 is 4.57 Å². The van der Waals surface area contributed by atoms with Crippen molar-refractivity contribution in [2.45, 2.75) is 20.4 Å². The fraction of sp³-hybridized carbons (Fsp3) is 0.214. The van der Waals surface area contributed by atoms with Crippen molar-refractivity contribution in [3.05, 3.63) is 38.2 Å². The summed E-state index contributed by atoms with van der Waals surface area (Å²) in [6.45, 7) is 4.61. The molecule has 4 aromatic heterocycles. The third-order valence-corrected chi connectivity index (χ3v) is 4.73. The van der Waals surface area contributed by atoms with E-state index < -0.39 is 0 Å². The topological polar surface area (TPSA) is 80.9 Å². The van der Waals surface area contributed by atoms with Crippen molar-refractivity contribution >= 4 is 39.5 Å². The summed E-state index contributed by atoms with van der Waals surface area (Å²) < 4.78 is 4.18. The Kier molecular flexibility index (Phi) is 3.13. The number of aryl methyl sites for hydroxylation is 2. The molecule has 0 aliphatic rings. The van der Waals surface area contributed by atoms with Crippen LogP contribution in [-0.2, 0) is 6.54 Å². The lowest BCUT2D eigenvalue weighted by molar-refractivity contribution is 0.775. The summed E-state index contributed by atoms with van der Waals surface area (Å²) in [7, 11) is 0. The minimum absolute atomic E-state index is 0.114. The average Bonchev–Trinajstić information content (AvgIpc) is 3.07. The second-order valence-corrected chi connectivity index (χ2v) is 6.77. The molecule has 4 rings (SSSR count). The van der Waals surface area contributed by atoms with Gasteiger partial charge in [0.25, 0.3) is 0 Å². The van der Waals surface area contributed by atoms with E-state index in [1.807, 2.05) is 30.5 Å². The number of fused-ring (bicyclic) bond motifs is 2. The Morgan fingerprint density at radius 1 is 1.35 bits per heavy atom. The van der Waals surface area contributed by atoms with Gasteiger partial charge in [0.2, 0.25) is 10.4 Å². The number of hydrogen-bond acceptors (Lipinski definition) is 6. The van der Waals surface area contributed by atoms with Gasteiger partial charge in [0.1, 0.15) is 5.65 Å². The predicted molar refractivity (Wildman–Crippen MR) is 91.5 cm³/mol. The van der Waals surface area contributed by atoms with Crippen LogP contribution in [0.3, 0.4) is 0 Å². The molecule has 4 heterocycles. The quantitative estimate of drug-likeness (QED) is 0.565. The Morgan fingerprint density at radius 2 is 2.17 bits per heavy atom. The molecule has 116 valence electrons. The van der Waals surface area contributed by atoms with Crippen LogP contribution in [0, 0.1) is 10.9 Å². The molecule has 9 heteroatoms. The molecule has 0 aromatic carbocycles. The summed E-state index contributed by atoms with van der Waals surface area (Å²) in [5.74, 6) is 0.460. The molecule has 0 radical (unpaired) electrons. The lowest BCUT2D eigenvalue weighted by atomic mass is 10.1. The van der Waals surface area contributed by atoms with Crippen LogP contribution in [0.25, 0.3) is 27.4 Å². The highest BCUT2D eigenvalue weighted by atomic mass is 32.1. The minimum atomic E-state index is -0.114. The van der Waals surface area contributed by atoms with Gasteiger partial charge in [-0.25, -0.2) is 9.50 Å². The average molecular weight is 344 g/mol. The molecular weight excluding hydrogens is 332 g/mol. The molecule has 0 spiro atoms. The largest absolute Gasteiger partial charge is 0.332 e. The zero-order valence-corrected chi connectivity index (χ0v) is 14.0. The highest BCUT2D eigenvalue weighted by molar-refractivity contribution is 7.73. The number of H-pyrrole nitrogens is 1. The molecule has 0 unspecified atom stereocenters. The molecule has 0 bridgehead atoms. The van der Waals surface area contributed by atoms with E-state index in [1.54, 1.807) is 10.7 Å². The molecule has 1 N–H and O–H groups in total. The lowest BCUT2D eigenvalue weighted by Crippen LogP contribution is -2.14. The zero-order valence-electron chi connectivity index (χ0n) is 12.4. The second-order valence-electron chi connectivity index (χ2n) is 5.12. The normalized spacial score (nSPS) is 11.6. The second kappa shape index (κ2) is 5.07. The number of nitrogens with one attached hydrogen (secondary N) is 1. The van der Waals surface area contributed by atoms with E-state index in [4.69, 9.17) is 12.2 Å². The van der Waals surface area contributed by atoms with Crippen molar-refractivity contribution in [2.24, 2.45) is 0 Å². The maximum Gasteiger partial charge on any atom is 0.234 e. The Labute approximate surface area is 139 Å². The SMILES string of the molecule is CCn1cc(-c2nnc3sc(=S)[nH]n23)c(=O)c2ccc(C)nc21. The van der Waals surface area contributed by atoms with Gasteiger partial charge in [0.05, 0.1) is 10.9 Å². The van der Waals surface area contributed by atoms with Crippen LogP contribution in [0.2, 0.25) is 0 Å². The van der Waals surface area contributed by atoms with Crippen molar-refractivity contribution < 1.29 is 0 Å². The van der Waals surface area contributed by atoms with E-state index in [1.165, 1.54) is 11.3 Å². The van der Waals surface area contributed by atoms with Gasteiger partial charge in [0, 0.05) is 18.4 Å². The van der Waals surface area contributed by atoms with Gasteiger partial charge in [-0.2, -0.15) is 0 Å². The molecule has 0 fully saturated rings. The van der Waals surface area contributed by atoms with Gasteiger partial charge in [0.15, 0.2) is 9.78 Å². The fourth-order valence-corrected chi connectivity index (χ4v) is 3.49. The van der Waals surface area contributed by atoms with Crippen molar-refractivity contribution in [1.29, 1.82) is 0 Å². The Hall–Kier alpha value is -2.39. The smallest absolute Gasteiger partial charge is 0.234 e. The molecule has 7 nitrogen and oxygen atoms in total. The van der Waals surface area contributed by atoms with E-state index in [0.29, 0.717) is 37.9 Å². The van der Waals surface area contributed by atoms with Crippen molar-refractivity contribution in [3.8, 4) is 11.4 Å². The number of aromatic nitrogens is 6. The first kappa shape index (κ1) is 14.2. The maximum atomic E-state index is 12.9. The number of hydrogen-bond donors (Lipinski definition) is 1. The number of pyridine rings is 2. The first-order valence-corrected chi connectivity index (χ1v) is 8.26. The molecular formula is C14H12N6OS2. The molecule has 0 aliphatic heterocycles. The standard InChI is InChI=1S/C14H12N6OS2/c1-3-19-6-9(10(21)8-5-4-7(2)15-11(8)19)12-16-17-13-20(12)18-14(22)23-13/h4-6H,3H2,1-2H3,(H,18,22). The third-order valence-electron chi connectivity index (χ3n) is 3.66. The first-order chi connectivity index (χ1) is 11.1. The van der Waals surface area contributed by atoms with Crippen LogP contribution in [0.5, 0.6) is 0 Å². The summed E-state index contributed by atoms with van der Waals surface area (Å²) in [6.07, 6.45) is 1.78. The molecule has 0 aliphatic carbocycles. The molecule has 0 saturated heterocycles. The maximum absolute atomic E-state index is 12.9. The van der Waals surface area contributed by atoms with Crippen LogP contribution < -0.4 is 5.43 Å². The highest BCUT2D eigenvalue weighted by Gasteiger charge is 2.17. The minimum Gasteiger partial charge on any atom is -0.332 e. The lowest BCUT2D eigenvalue weighted by Gasteiger charge is -2.10. The third kappa shape index (κ3) is 2.12. The van der Waals surface area contributed by atoms with Gasteiger partial charge in [-0.1, -0.05) is 11.3 Å². The van der Waals surface area contributed by atoms with Gasteiger partial charge >= 0.3 is 0 Å². The predicted octanol–water partition coefficient (Wildman–Crippen LogP) is 2.55. The van der Waals surface area contributed by atoms with Gasteiger partial charge in [-0.05, 0) is 38.2 Å². The summed E-state index contributed by atoms with van der Waals surface area (Å²) >= 11 is 6.45. The summed E-state index contributed by atoms with van der Waals surface area (Å²) in [5, 5.41) is 11.8. The van der Waals surface area contributed by atoms with E-state index in [-0.39, 0.29) is 5.43 Å². The van der Waals surface area contributed by atoms with Crippen LogP contribution in [0.15, 0.2) is 23.1 Å². The van der Waals surface area contributed by atoms with Crippen LogP contribution in [-0.4, -0.2) is 29.4 Å². The monoisotopic (exact) mass is 344 g/mol. The highest BCUT2D eigenvalue weighted by Crippen LogP contribution is 2.20. The molecule has 0 saturated carbocycles. The Bertz CT molecular complexity index is 1170. The number of rotatable bonds is 2. The van der Waals surface area contributed by atoms with Crippen molar-refractivity contribution in [2.75, 3.05) is 0 Å². The fourth-order valence-electron chi connectivity index (χ4n) is 2.57. The van der Waals surface area contributed by atoms with E-state index >= 15 is 0 Å². The van der Waals surface area contributed by atoms with E-state index in [2.05, 4.69) is 20.3 Å². The molecule has 4 aromatic rings. The number of nitrogens with zero attached hydrogens (tertiary/aromatic N) is 5. The van der Waals surface area contributed by atoms with Crippen LogP contribution >= 0.6 is 23.6 Å². The van der Waals surface area contributed by atoms with E-state index in [0.717, 1.165) is 5.69 Å². The summed E-state index contributed by atoms with van der Waals surface area (Å²) in [6, 6.07) is 3.65. The Balaban J connectivity index is 2.11. The molecule has 0 atom stereocenters. The number of aromatic amines is 1. The molecule has 23 heavy (non-hydrogen) atoms. The first-order valence-electron chi connectivity index (χ1n) is 7.04. The Morgan fingerprint density at radius 3 is 2.96 bits per heavy atom. The van der Waals surface area contributed by atoms with Crippen molar-refractivity contribution in [3.63, 3.8) is 0 Å². The zero-order chi connectivity index (χ0) is 16.1. The van der Waals surface area contributed by atoms with Gasteiger partial charge in [-0.15, -0.1) is 10.2 Å².